The average molecular weight is 351 g/mol. The van der Waals surface area contributed by atoms with Crippen LogP contribution in [0.1, 0.15) is 30.1 Å². The molecular weight excluding hydrogens is 330 g/mol. The normalized spacial score (nSPS) is 16.7. The quantitative estimate of drug-likeness (QED) is 0.854. The number of amides is 1. The topological polar surface area (TPSA) is 96.7 Å². The molecule has 2 aromatic rings. The summed E-state index contributed by atoms with van der Waals surface area (Å²) in [5.41, 5.74) is 2.90. The monoisotopic (exact) mass is 351 g/mol. The second-order valence-corrected chi connectivity index (χ2v) is 8.00. The zero-order valence-corrected chi connectivity index (χ0v) is 14.6. The summed E-state index contributed by atoms with van der Waals surface area (Å²) in [5.74, 6) is 0.116. The number of sulfonamides is 1. The van der Waals surface area contributed by atoms with Gasteiger partial charge < -0.3 is 4.90 Å². The van der Waals surface area contributed by atoms with Gasteiger partial charge in [-0.15, -0.1) is 0 Å². The van der Waals surface area contributed by atoms with Crippen molar-refractivity contribution in [2.24, 2.45) is 0 Å². The maximum Gasteiger partial charge on any atom is 0.237 e. The lowest BCUT2D eigenvalue weighted by Crippen LogP contribution is -2.43. The number of hydrogen-bond donors (Lipinski definition) is 1. The van der Waals surface area contributed by atoms with Crippen LogP contribution in [0.25, 0.3) is 5.65 Å². The Morgan fingerprint density at radius 1 is 1.38 bits per heavy atom. The van der Waals surface area contributed by atoms with Crippen molar-refractivity contribution in [3.63, 3.8) is 0 Å². The predicted molar refractivity (Wildman–Crippen MR) is 89.1 cm³/mol. The van der Waals surface area contributed by atoms with Crippen LogP contribution in [0.4, 0.5) is 0 Å². The van der Waals surface area contributed by atoms with Crippen LogP contribution < -0.4 is 4.72 Å². The van der Waals surface area contributed by atoms with E-state index in [0.29, 0.717) is 19.0 Å². The number of carbonyl (C=O) groups is 1. The third-order valence-corrected chi connectivity index (χ3v) is 4.98. The maximum absolute atomic E-state index is 12.1. The molecule has 0 aliphatic carbocycles. The minimum atomic E-state index is -3.35. The number of aryl methyl sites for hydroxylation is 1. The van der Waals surface area contributed by atoms with Crippen LogP contribution >= 0.6 is 0 Å². The first kappa shape index (κ1) is 16.8. The molecule has 0 unspecified atom stereocenters. The first-order valence-electron chi connectivity index (χ1n) is 7.87. The van der Waals surface area contributed by atoms with Crippen LogP contribution in [0.2, 0.25) is 0 Å². The van der Waals surface area contributed by atoms with Crippen molar-refractivity contribution >= 4 is 21.6 Å². The molecule has 24 heavy (non-hydrogen) atoms. The number of rotatable bonds is 4. The molecule has 0 saturated carbocycles. The molecule has 3 rings (SSSR count). The van der Waals surface area contributed by atoms with Gasteiger partial charge in [-0.05, 0) is 25.8 Å². The molecule has 1 saturated heterocycles. The summed E-state index contributed by atoms with van der Waals surface area (Å²) < 4.78 is 26.2. The highest BCUT2D eigenvalue weighted by molar-refractivity contribution is 7.88. The molecule has 8 nitrogen and oxygen atoms in total. The minimum Gasteiger partial charge on any atom is -0.342 e. The number of nitrogens with zero attached hydrogens (tertiary/aromatic N) is 4. The molecule has 0 spiro atoms. The van der Waals surface area contributed by atoms with E-state index in [1.165, 1.54) is 0 Å². The Labute approximate surface area is 140 Å². The molecule has 1 aliphatic rings. The van der Waals surface area contributed by atoms with Crippen molar-refractivity contribution < 1.29 is 13.2 Å². The second kappa shape index (κ2) is 6.48. The predicted octanol–water partition coefficient (Wildman–Crippen LogP) is 0.293. The van der Waals surface area contributed by atoms with Crippen LogP contribution in [-0.4, -0.2) is 59.7 Å². The second-order valence-electron chi connectivity index (χ2n) is 6.17. The largest absolute Gasteiger partial charge is 0.342 e. The van der Waals surface area contributed by atoms with Gasteiger partial charge in [-0.1, -0.05) is 0 Å². The van der Waals surface area contributed by atoms with Gasteiger partial charge in [0.25, 0.3) is 0 Å². The van der Waals surface area contributed by atoms with E-state index in [0.717, 1.165) is 36.1 Å². The third kappa shape index (κ3) is 3.73. The van der Waals surface area contributed by atoms with Crippen molar-refractivity contribution in [2.75, 3.05) is 25.9 Å². The molecule has 2 aromatic heterocycles. The van der Waals surface area contributed by atoms with Crippen LogP contribution in [0.3, 0.4) is 0 Å². The Kier molecular flexibility index (Phi) is 4.55. The van der Waals surface area contributed by atoms with Crippen molar-refractivity contribution in [2.45, 2.75) is 25.7 Å². The van der Waals surface area contributed by atoms with E-state index in [1.54, 1.807) is 15.6 Å². The van der Waals surface area contributed by atoms with E-state index in [4.69, 9.17) is 0 Å². The molecule has 3 heterocycles. The Balaban J connectivity index is 1.62. The van der Waals surface area contributed by atoms with Crippen LogP contribution in [0.5, 0.6) is 0 Å². The molecule has 9 heteroatoms. The zero-order chi connectivity index (χ0) is 17.3. The number of piperidine rings is 1. The lowest BCUT2D eigenvalue weighted by molar-refractivity contribution is -0.131. The summed E-state index contributed by atoms with van der Waals surface area (Å²) in [4.78, 5) is 18.4. The zero-order valence-electron chi connectivity index (χ0n) is 13.8. The van der Waals surface area contributed by atoms with Crippen LogP contribution in [0, 0.1) is 6.92 Å². The van der Waals surface area contributed by atoms with Gasteiger partial charge >= 0.3 is 0 Å². The molecule has 1 aliphatic heterocycles. The fraction of sp³-hybridized carbons (Fsp3) is 0.533. The summed E-state index contributed by atoms with van der Waals surface area (Å²) in [6.07, 6.45) is 4.42. The first-order valence-corrected chi connectivity index (χ1v) is 9.76. The van der Waals surface area contributed by atoms with E-state index in [2.05, 4.69) is 14.8 Å². The highest BCUT2D eigenvalue weighted by Crippen LogP contribution is 2.27. The molecular formula is C15H21N5O3S. The van der Waals surface area contributed by atoms with Gasteiger partial charge in [0, 0.05) is 36.5 Å². The summed E-state index contributed by atoms with van der Waals surface area (Å²) in [7, 11) is -3.35. The number of hydrogen-bond acceptors (Lipinski definition) is 5. The molecule has 1 amide bonds. The molecule has 130 valence electrons. The summed E-state index contributed by atoms with van der Waals surface area (Å²) >= 11 is 0. The summed E-state index contributed by atoms with van der Waals surface area (Å²) in [6.45, 7) is 3.05. The van der Waals surface area contributed by atoms with Crippen LogP contribution in [-0.2, 0) is 14.8 Å². The summed E-state index contributed by atoms with van der Waals surface area (Å²) in [6, 6.07) is 3.93. The molecule has 1 fully saturated rings. The number of nitrogens with one attached hydrogen (secondary N) is 1. The number of likely N-dealkylation sites (tertiary alicyclic amines) is 1. The Bertz CT molecular complexity index is 853. The molecule has 0 atom stereocenters. The fourth-order valence-corrected chi connectivity index (χ4v) is 3.42. The van der Waals surface area contributed by atoms with Gasteiger partial charge in [0.15, 0.2) is 5.65 Å². The lowest BCUT2D eigenvalue weighted by atomic mass is 9.93. The van der Waals surface area contributed by atoms with E-state index >= 15 is 0 Å². The Hall–Kier alpha value is -2.00. The highest BCUT2D eigenvalue weighted by atomic mass is 32.2. The molecule has 0 radical (unpaired) electrons. The van der Waals surface area contributed by atoms with E-state index in [1.807, 2.05) is 19.1 Å². The van der Waals surface area contributed by atoms with E-state index in [9.17, 15) is 13.2 Å². The SMILES string of the molecule is Cc1cc(C2CCN(C(=O)CNS(C)(=O)=O)CC2)nc2ccnn12. The standard InChI is InChI=1S/C15H21N5O3S/c1-11-9-13(18-14-3-6-16-20(11)14)12-4-7-19(8-5-12)15(21)10-17-24(2,22)23/h3,6,9,12,17H,4-5,7-8,10H2,1-2H3. The van der Waals surface area contributed by atoms with Gasteiger partial charge in [-0.25, -0.2) is 22.6 Å². The number of fused-ring (bicyclic) bond motifs is 1. The maximum atomic E-state index is 12.1. The van der Waals surface area contributed by atoms with Gasteiger partial charge in [0.1, 0.15) is 0 Å². The van der Waals surface area contributed by atoms with Crippen molar-refractivity contribution in [3.05, 3.63) is 29.7 Å². The van der Waals surface area contributed by atoms with Crippen LogP contribution in [0.15, 0.2) is 18.3 Å². The Morgan fingerprint density at radius 3 is 2.75 bits per heavy atom. The molecule has 1 N–H and O–H groups in total. The number of aromatic nitrogens is 3. The average Bonchev–Trinajstić information content (AvgIpc) is 3.01. The smallest absolute Gasteiger partial charge is 0.237 e. The lowest BCUT2D eigenvalue weighted by Gasteiger charge is -2.32. The van der Waals surface area contributed by atoms with E-state index < -0.39 is 10.0 Å². The number of carbonyl (C=O) groups excluding carboxylic acids is 1. The van der Waals surface area contributed by atoms with Crippen molar-refractivity contribution in [1.82, 2.24) is 24.2 Å². The fourth-order valence-electron chi connectivity index (χ4n) is 3.03. The van der Waals surface area contributed by atoms with Gasteiger partial charge in [-0.3, -0.25) is 4.79 Å². The molecule has 0 aromatic carbocycles. The van der Waals surface area contributed by atoms with Gasteiger partial charge in [-0.2, -0.15) is 5.10 Å². The minimum absolute atomic E-state index is 0.178. The van der Waals surface area contributed by atoms with Gasteiger partial charge in [0.05, 0.1) is 19.0 Å². The highest BCUT2D eigenvalue weighted by Gasteiger charge is 2.25. The Morgan fingerprint density at radius 2 is 2.08 bits per heavy atom. The molecule has 0 bridgehead atoms. The first-order chi connectivity index (χ1) is 11.3. The van der Waals surface area contributed by atoms with E-state index in [-0.39, 0.29) is 12.5 Å². The van der Waals surface area contributed by atoms with Crippen molar-refractivity contribution in [3.8, 4) is 0 Å². The third-order valence-electron chi connectivity index (χ3n) is 4.31. The van der Waals surface area contributed by atoms with Gasteiger partial charge in [0.2, 0.25) is 15.9 Å². The summed E-state index contributed by atoms with van der Waals surface area (Å²) in [5, 5.41) is 4.23. The van der Waals surface area contributed by atoms with Crippen molar-refractivity contribution in [1.29, 1.82) is 0 Å².